The first-order valence-electron chi connectivity index (χ1n) is 7.23. The van der Waals surface area contributed by atoms with E-state index in [9.17, 15) is 4.39 Å². The van der Waals surface area contributed by atoms with E-state index >= 15 is 0 Å². The van der Waals surface area contributed by atoms with Crippen LogP contribution < -0.4 is 4.46 Å². The molecule has 3 rings (SSSR count). The van der Waals surface area contributed by atoms with Crippen LogP contribution in [0, 0.1) is 5.82 Å². The third kappa shape index (κ3) is 3.40. The molecule has 0 unspecified atom stereocenters. The SMILES string of the molecule is CC1(C)COC(c2cccc(F)c2[Se]Cc2ccccc2)=N1. The van der Waals surface area contributed by atoms with Crippen LogP contribution in [-0.4, -0.2) is 33.0 Å². The van der Waals surface area contributed by atoms with E-state index in [1.807, 2.05) is 38.1 Å². The molecule has 0 saturated heterocycles. The molecule has 0 N–H and O–H groups in total. The van der Waals surface area contributed by atoms with Crippen molar-refractivity contribution in [3.63, 3.8) is 0 Å². The minimum absolute atomic E-state index is 0.000638. The molecule has 4 heteroatoms. The normalized spacial score (nSPS) is 16.2. The number of benzene rings is 2. The van der Waals surface area contributed by atoms with Gasteiger partial charge in [-0.25, -0.2) is 0 Å². The number of hydrogen-bond donors (Lipinski definition) is 0. The second-order valence-corrected chi connectivity index (χ2v) is 7.98. The van der Waals surface area contributed by atoms with Crippen LogP contribution >= 0.6 is 0 Å². The van der Waals surface area contributed by atoms with Crippen LogP contribution in [0.15, 0.2) is 53.5 Å². The molecular weight excluding hydrogens is 344 g/mol. The van der Waals surface area contributed by atoms with Crippen LogP contribution in [0.4, 0.5) is 4.39 Å². The van der Waals surface area contributed by atoms with Crippen molar-refractivity contribution in [3.05, 3.63) is 65.5 Å². The van der Waals surface area contributed by atoms with Gasteiger partial charge in [-0.05, 0) is 0 Å². The van der Waals surface area contributed by atoms with Gasteiger partial charge in [-0.15, -0.1) is 0 Å². The molecule has 2 aromatic rings. The fraction of sp³-hybridized carbons (Fsp3) is 0.278. The Morgan fingerprint density at radius 2 is 1.91 bits per heavy atom. The van der Waals surface area contributed by atoms with Gasteiger partial charge in [-0.3, -0.25) is 0 Å². The van der Waals surface area contributed by atoms with Crippen LogP contribution in [0.1, 0.15) is 25.0 Å². The van der Waals surface area contributed by atoms with Crippen LogP contribution in [-0.2, 0) is 10.1 Å². The Morgan fingerprint density at radius 1 is 1.14 bits per heavy atom. The van der Waals surface area contributed by atoms with Crippen molar-refractivity contribution in [1.82, 2.24) is 0 Å². The van der Waals surface area contributed by atoms with Gasteiger partial charge in [-0.1, -0.05) is 0 Å². The quantitative estimate of drug-likeness (QED) is 0.767. The predicted molar refractivity (Wildman–Crippen MR) is 88.5 cm³/mol. The summed E-state index contributed by atoms with van der Waals surface area (Å²) in [5, 5.41) is 0.860. The van der Waals surface area contributed by atoms with Crippen LogP contribution in [0.3, 0.4) is 0 Å². The Kier molecular flexibility index (Phi) is 4.32. The Balaban J connectivity index is 1.88. The fourth-order valence-electron chi connectivity index (χ4n) is 2.28. The van der Waals surface area contributed by atoms with E-state index in [0.717, 1.165) is 15.3 Å². The van der Waals surface area contributed by atoms with Gasteiger partial charge in [0.15, 0.2) is 0 Å². The fourth-order valence-corrected chi connectivity index (χ4v) is 4.42. The predicted octanol–water partition coefficient (Wildman–Crippen LogP) is 2.91. The summed E-state index contributed by atoms with van der Waals surface area (Å²) in [7, 11) is 0. The molecule has 2 aromatic carbocycles. The Morgan fingerprint density at radius 3 is 2.59 bits per heavy atom. The molecule has 0 bridgehead atoms. The zero-order valence-corrected chi connectivity index (χ0v) is 14.4. The molecule has 1 aliphatic rings. The summed E-state index contributed by atoms with van der Waals surface area (Å²) >= 11 is 0.000638. The molecule has 0 amide bonds. The van der Waals surface area contributed by atoms with Crippen LogP contribution in [0.2, 0.25) is 0 Å². The van der Waals surface area contributed by atoms with Crippen molar-refractivity contribution in [2.75, 3.05) is 6.61 Å². The third-order valence-corrected chi connectivity index (χ3v) is 5.87. The van der Waals surface area contributed by atoms with Gasteiger partial charge in [0.1, 0.15) is 0 Å². The molecule has 0 radical (unpaired) electrons. The first-order valence-corrected chi connectivity index (χ1v) is 9.30. The van der Waals surface area contributed by atoms with Gasteiger partial charge in [0, 0.05) is 0 Å². The summed E-state index contributed by atoms with van der Waals surface area (Å²) in [6, 6.07) is 15.3. The van der Waals surface area contributed by atoms with Crippen molar-refractivity contribution in [1.29, 1.82) is 0 Å². The van der Waals surface area contributed by atoms with E-state index in [0.29, 0.717) is 12.5 Å². The van der Waals surface area contributed by atoms with Gasteiger partial charge in [0.2, 0.25) is 0 Å². The minimum atomic E-state index is -0.231. The van der Waals surface area contributed by atoms with Crippen molar-refractivity contribution in [3.8, 4) is 0 Å². The number of rotatable bonds is 4. The first kappa shape index (κ1) is 15.3. The van der Waals surface area contributed by atoms with Gasteiger partial charge in [-0.2, -0.15) is 0 Å². The number of halogens is 1. The summed E-state index contributed by atoms with van der Waals surface area (Å²) in [6.07, 6.45) is 0. The summed E-state index contributed by atoms with van der Waals surface area (Å²) in [4.78, 5) is 4.59. The molecule has 0 atom stereocenters. The molecule has 1 aliphatic heterocycles. The van der Waals surface area contributed by atoms with Gasteiger partial charge >= 0.3 is 136 Å². The van der Waals surface area contributed by atoms with Crippen LogP contribution in [0.5, 0.6) is 0 Å². The molecule has 2 nitrogen and oxygen atoms in total. The summed E-state index contributed by atoms with van der Waals surface area (Å²) in [6.45, 7) is 4.59. The van der Waals surface area contributed by atoms with E-state index in [1.54, 1.807) is 6.07 Å². The second kappa shape index (κ2) is 6.23. The summed E-state index contributed by atoms with van der Waals surface area (Å²) in [5.74, 6) is 0.416. The molecular formula is C18H18FNOSe. The average molecular weight is 362 g/mol. The van der Waals surface area contributed by atoms with Crippen molar-refractivity contribution < 1.29 is 9.13 Å². The van der Waals surface area contributed by atoms with E-state index in [-0.39, 0.29) is 26.3 Å². The zero-order chi connectivity index (χ0) is 15.6. The molecule has 0 aromatic heterocycles. The number of hydrogen-bond acceptors (Lipinski definition) is 2. The average Bonchev–Trinajstić information content (AvgIpc) is 2.87. The number of ether oxygens (including phenoxy) is 1. The molecule has 0 saturated carbocycles. The number of nitrogens with zero attached hydrogens (tertiary/aromatic N) is 1. The van der Waals surface area contributed by atoms with Gasteiger partial charge in [0.25, 0.3) is 0 Å². The number of aliphatic imine (C=N–C) groups is 1. The molecule has 114 valence electrons. The molecule has 22 heavy (non-hydrogen) atoms. The van der Waals surface area contributed by atoms with Crippen LogP contribution in [0.25, 0.3) is 0 Å². The van der Waals surface area contributed by atoms with E-state index in [1.165, 1.54) is 11.6 Å². The van der Waals surface area contributed by atoms with Gasteiger partial charge < -0.3 is 0 Å². The van der Waals surface area contributed by atoms with Gasteiger partial charge in [0.05, 0.1) is 0 Å². The zero-order valence-electron chi connectivity index (χ0n) is 12.7. The second-order valence-electron chi connectivity index (χ2n) is 5.91. The maximum atomic E-state index is 14.3. The van der Waals surface area contributed by atoms with Crippen molar-refractivity contribution in [2.24, 2.45) is 4.99 Å². The first-order chi connectivity index (χ1) is 10.6. The summed E-state index contributed by atoms with van der Waals surface area (Å²) < 4.78 is 20.7. The van der Waals surface area contributed by atoms with Crippen molar-refractivity contribution in [2.45, 2.75) is 24.7 Å². The Labute approximate surface area is 136 Å². The standard InChI is InChI=1S/C18H18FNOSe/c1-18(2)12-21-17(20-18)14-9-6-10-15(19)16(14)22-11-13-7-4-3-5-8-13/h3-10H,11-12H2,1-2H3. The third-order valence-electron chi connectivity index (χ3n) is 3.39. The van der Waals surface area contributed by atoms with E-state index < -0.39 is 0 Å². The molecule has 0 fully saturated rings. The molecule has 0 spiro atoms. The van der Waals surface area contributed by atoms with Crippen molar-refractivity contribution >= 4 is 25.3 Å². The maximum absolute atomic E-state index is 14.3. The topological polar surface area (TPSA) is 21.6 Å². The van der Waals surface area contributed by atoms with E-state index in [2.05, 4.69) is 17.1 Å². The monoisotopic (exact) mass is 363 g/mol. The summed E-state index contributed by atoms with van der Waals surface area (Å²) in [5.41, 5.74) is 1.80. The Bertz CT molecular complexity index is 697. The Hall–Kier alpha value is -1.64. The van der Waals surface area contributed by atoms with E-state index in [4.69, 9.17) is 4.74 Å². The molecule has 0 aliphatic carbocycles. The molecule has 1 heterocycles.